The van der Waals surface area contributed by atoms with E-state index in [1.54, 1.807) is 0 Å². The lowest BCUT2D eigenvalue weighted by Gasteiger charge is -2.25. The third-order valence-electron chi connectivity index (χ3n) is 5.53. The molecule has 2 aromatic carbocycles. The van der Waals surface area contributed by atoms with Crippen LogP contribution in [0.4, 0.5) is 4.79 Å². The van der Waals surface area contributed by atoms with Crippen LogP contribution < -0.4 is 10.6 Å². The first-order valence-corrected chi connectivity index (χ1v) is 11.8. The molecular weight excluding hydrogens is 428 g/mol. The molecule has 0 fully saturated rings. The second kappa shape index (κ2) is 10.1. The zero-order valence-corrected chi connectivity index (χ0v) is 19.2. The van der Waals surface area contributed by atoms with Crippen molar-refractivity contribution in [2.45, 2.75) is 37.8 Å². The fourth-order valence-corrected chi connectivity index (χ4v) is 4.21. The van der Waals surface area contributed by atoms with Crippen molar-refractivity contribution in [3.8, 4) is 11.1 Å². The lowest BCUT2D eigenvalue weighted by Crippen LogP contribution is -2.56. The molecule has 3 rings (SSSR count). The molecule has 0 saturated carbocycles. The summed E-state index contributed by atoms with van der Waals surface area (Å²) in [6.07, 6.45) is 1.54. The summed E-state index contributed by atoms with van der Waals surface area (Å²) in [5, 5.41) is 14.3. The van der Waals surface area contributed by atoms with Crippen molar-refractivity contribution in [3.05, 3.63) is 59.7 Å². The molecule has 7 nitrogen and oxygen atoms in total. The molecule has 1 aliphatic carbocycles. The number of carbonyl (C=O) groups is 3. The van der Waals surface area contributed by atoms with E-state index in [4.69, 9.17) is 4.74 Å². The number of ether oxygens (including phenoxy) is 1. The van der Waals surface area contributed by atoms with Crippen molar-refractivity contribution in [1.82, 2.24) is 10.6 Å². The van der Waals surface area contributed by atoms with E-state index in [9.17, 15) is 19.5 Å². The normalized spacial score (nSPS) is 13.6. The maximum Gasteiger partial charge on any atom is 0.407 e. The van der Waals surface area contributed by atoms with E-state index in [1.807, 2.05) is 42.7 Å². The lowest BCUT2D eigenvalue weighted by atomic mass is 9.98. The maximum atomic E-state index is 12.6. The molecule has 1 aliphatic rings. The lowest BCUT2D eigenvalue weighted by molar-refractivity contribution is -0.146. The van der Waals surface area contributed by atoms with Gasteiger partial charge in [0.2, 0.25) is 5.91 Å². The molecule has 3 N–H and O–H groups in total. The van der Waals surface area contributed by atoms with E-state index in [0.717, 1.165) is 22.3 Å². The van der Waals surface area contributed by atoms with Crippen molar-refractivity contribution in [3.63, 3.8) is 0 Å². The summed E-state index contributed by atoms with van der Waals surface area (Å²) in [5.74, 6) is -1.18. The number of aliphatic carboxylic acids is 1. The highest BCUT2D eigenvalue weighted by Gasteiger charge is 2.33. The Bertz CT molecular complexity index is 962. The van der Waals surface area contributed by atoms with Gasteiger partial charge < -0.3 is 20.5 Å². The van der Waals surface area contributed by atoms with Gasteiger partial charge in [0.25, 0.3) is 0 Å². The monoisotopic (exact) mass is 456 g/mol. The summed E-state index contributed by atoms with van der Waals surface area (Å²) in [4.78, 5) is 36.5. The molecule has 0 spiro atoms. The fourth-order valence-electron chi connectivity index (χ4n) is 3.74. The number of rotatable bonds is 9. The van der Waals surface area contributed by atoms with Gasteiger partial charge in [0.15, 0.2) is 0 Å². The Balaban J connectivity index is 1.67. The first kappa shape index (κ1) is 23.7. The summed E-state index contributed by atoms with van der Waals surface area (Å²) >= 11 is 1.53. The van der Waals surface area contributed by atoms with Gasteiger partial charge in [0.1, 0.15) is 18.2 Å². The third kappa shape index (κ3) is 5.24. The van der Waals surface area contributed by atoms with E-state index >= 15 is 0 Å². The zero-order valence-electron chi connectivity index (χ0n) is 18.4. The molecule has 0 bridgehead atoms. The van der Waals surface area contributed by atoms with Crippen molar-refractivity contribution in [2.24, 2.45) is 0 Å². The molecule has 1 atom stereocenters. The highest BCUT2D eigenvalue weighted by atomic mass is 32.2. The predicted octanol–water partition coefficient (Wildman–Crippen LogP) is 3.63. The number of alkyl carbamates (subject to hydrolysis) is 1. The minimum atomic E-state index is -1.45. The van der Waals surface area contributed by atoms with Gasteiger partial charge in [-0.05, 0) is 54.5 Å². The quantitative estimate of drug-likeness (QED) is 0.532. The van der Waals surface area contributed by atoms with Crippen LogP contribution in [0, 0.1) is 0 Å². The first-order valence-electron chi connectivity index (χ1n) is 10.4. The third-order valence-corrected chi connectivity index (χ3v) is 6.18. The SMILES string of the molecule is CSCC[C@H](NC(=O)OCC1c2ccccc2-c2ccccc21)C(=O)NC(C)(C)C(=O)O. The maximum absolute atomic E-state index is 12.6. The molecule has 0 radical (unpaired) electrons. The number of carboxylic acid groups (broad SMARTS) is 1. The van der Waals surface area contributed by atoms with Crippen LogP contribution >= 0.6 is 11.8 Å². The minimum absolute atomic E-state index is 0.0856. The molecule has 8 heteroatoms. The Kier molecular flexibility index (Phi) is 7.45. The average Bonchev–Trinajstić information content (AvgIpc) is 3.08. The van der Waals surface area contributed by atoms with Crippen LogP contribution in [0.3, 0.4) is 0 Å². The number of thioether (sulfide) groups is 1. The van der Waals surface area contributed by atoms with Crippen LogP contribution in [0.15, 0.2) is 48.5 Å². The Hall–Kier alpha value is -3.00. The highest BCUT2D eigenvalue weighted by Crippen LogP contribution is 2.44. The fraction of sp³-hybridized carbons (Fsp3) is 0.375. The number of fused-ring (bicyclic) bond motifs is 3. The predicted molar refractivity (Wildman–Crippen MR) is 125 cm³/mol. The van der Waals surface area contributed by atoms with Crippen molar-refractivity contribution >= 4 is 29.7 Å². The van der Waals surface area contributed by atoms with E-state index in [1.165, 1.54) is 25.6 Å². The molecule has 170 valence electrons. The van der Waals surface area contributed by atoms with Gasteiger partial charge in [0, 0.05) is 5.92 Å². The van der Waals surface area contributed by atoms with Crippen LogP contribution in [0.25, 0.3) is 11.1 Å². The van der Waals surface area contributed by atoms with E-state index < -0.39 is 29.6 Å². The summed E-state index contributed by atoms with van der Waals surface area (Å²) in [5.41, 5.74) is 3.01. The van der Waals surface area contributed by atoms with Gasteiger partial charge in [-0.25, -0.2) is 9.59 Å². The number of amides is 2. The van der Waals surface area contributed by atoms with Crippen molar-refractivity contribution in [2.75, 3.05) is 18.6 Å². The minimum Gasteiger partial charge on any atom is -0.480 e. The van der Waals surface area contributed by atoms with Crippen LogP contribution in [0.2, 0.25) is 0 Å². The van der Waals surface area contributed by atoms with Crippen LogP contribution in [0.1, 0.15) is 37.3 Å². The topological polar surface area (TPSA) is 105 Å². The van der Waals surface area contributed by atoms with E-state index in [-0.39, 0.29) is 12.5 Å². The number of benzene rings is 2. The van der Waals surface area contributed by atoms with E-state index in [2.05, 4.69) is 22.8 Å². The Morgan fingerprint density at radius 1 is 1.06 bits per heavy atom. The van der Waals surface area contributed by atoms with Crippen LogP contribution in [0.5, 0.6) is 0 Å². The van der Waals surface area contributed by atoms with Gasteiger partial charge in [-0.2, -0.15) is 11.8 Å². The molecule has 0 aromatic heterocycles. The molecule has 0 saturated heterocycles. The van der Waals surface area contributed by atoms with Gasteiger partial charge in [-0.15, -0.1) is 0 Å². The van der Waals surface area contributed by atoms with Crippen molar-refractivity contribution < 1.29 is 24.2 Å². The first-order chi connectivity index (χ1) is 15.2. The molecule has 32 heavy (non-hydrogen) atoms. The van der Waals surface area contributed by atoms with Crippen molar-refractivity contribution in [1.29, 1.82) is 0 Å². The second-order valence-corrected chi connectivity index (χ2v) is 9.21. The molecule has 0 unspecified atom stereocenters. The molecule has 2 aromatic rings. The second-order valence-electron chi connectivity index (χ2n) is 8.22. The zero-order chi connectivity index (χ0) is 23.3. The van der Waals surface area contributed by atoms with Gasteiger partial charge in [0.05, 0.1) is 0 Å². The Labute approximate surface area is 191 Å². The van der Waals surface area contributed by atoms with Crippen LogP contribution in [-0.2, 0) is 14.3 Å². The molecule has 0 heterocycles. The van der Waals surface area contributed by atoms with Gasteiger partial charge in [-0.3, -0.25) is 4.79 Å². The molecular formula is C24H28N2O5S. The average molecular weight is 457 g/mol. The number of hydrogen-bond donors (Lipinski definition) is 3. The summed E-state index contributed by atoms with van der Waals surface area (Å²) in [6, 6.07) is 15.2. The number of carbonyl (C=O) groups excluding carboxylic acids is 2. The number of nitrogens with one attached hydrogen (secondary N) is 2. The summed E-state index contributed by atoms with van der Waals surface area (Å²) in [6.45, 7) is 2.93. The number of carboxylic acids is 1. The van der Waals surface area contributed by atoms with E-state index in [0.29, 0.717) is 12.2 Å². The Morgan fingerprint density at radius 2 is 1.62 bits per heavy atom. The highest BCUT2D eigenvalue weighted by molar-refractivity contribution is 7.98. The molecule has 0 aliphatic heterocycles. The standard InChI is InChI=1S/C24H28N2O5S/c1-24(2,22(28)29)26-21(27)20(12-13-32-3)25-23(30)31-14-19-17-10-6-4-8-15(17)16-9-5-7-11-18(16)19/h4-11,19-20H,12-14H2,1-3H3,(H,25,30)(H,26,27)(H,28,29)/t20-/m0/s1. The Morgan fingerprint density at radius 3 is 2.16 bits per heavy atom. The van der Waals surface area contributed by atoms with Gasteiger partial charge >= 0.3 is 12.1 Å². The molecule has 2 amide bonds. The van der Waals surface area contributed by atoms with Gasteiger partial charge in [-0.1, -0.05) is 48.5 Å². The number of hydrogen-bond acceptors (Lipinski definition) is 5. The summed E-state index contributed by atoms with van der Waals surface area (Å²) in [7, 11) is 0. The van der Waals surface area contributed by atoms with Crippen LogP contribution in [-0.4, -0.2) is 53.3 Å². The summed E-state index contributed by atoms with van der Waals surface area (Å²) < 4.78 is 5.52. The smallest absolute Gasteiger partial charge is 0.407 e. The largest absolute Gasteiger partial charge is 0.480 e.